The molecule has 0 aliphatic heterocycles. The fourth-order valence-corrected chi connectivity index (χ4v) is 1.39. The monoisotopic (exact) mass is 171 g/mol. The average molecular weight is 171 g/mol. The molecule has 0 aromatic heterocycles. The summed E-state index contributed by atoms with van der Waals surface area (Å²) in [6.45, 7) is 0.735. The Bertz CT molecular complexity index is 143. The second-order valence-corrected chi connectivity index (χ2v) is 3.41. The van der Waals surface area contributed by atoms with Crippen LogP contribution in [0.25, 0.3) is 0 Å². The summed E-state index contributed by atoms with van der Waals surface area (Å²) in [7, 11) is 0. The molecule has 70 valence electrons. The minimum absolute atomic E-state index is 0.0307. The van der Waals surface area contributed by atoms with Crippen molar-refractivity contribution >= 4 is 5.91 Å². The van der Waals surface area contributed by atoms with Crippen molar-refractivity contribution in [2.75, 3.05) is 13.2 Å². The van der Waals surface area contributed by atoms with Gasteiger partial charge in [-0.3, -0.25) is 4.79 Å². The lowest BCUT2D eigenvalue weighted by atomic mass is 9.83. The van der Waals surface area contributed by atoms with Gasteiger partial charge in [-0.1, -0.05) is 19.3 Å². The Hall–Kier alpha value is -0.570. The van der Waals surface area contributed by atoms with E-state index in [4.69, 9.17) is 5.11 Å². The number of hydrogen-bond acceptors (Lipinski definition) is 2. The van der Waals surface area contributed by atoms with E-state index in [9.17, 15) is 4.79 Å². The average Bonchev–Trinajstić information content (AvgIpc) is 1.95. The second-order valence-electron chi connectivity index (χ2n) is 3.41. The smallest absolute Gasteiger partial charge is 0.222 e. The van der Waals surface area contributed by atoms with Gasteiger partial charge in [-0.25, -0.2) is 0 Å². The predicted octanol–water partition coefficient (Wildman–Crippen LogP) is 0.675. The Labute approximate surface area is 73.2 Å². The number of aliphatic hydroxyl groups excluding tert-OH is 1. The van der Waals surface area contributed by atoms with Crippen LogP contribution in [0.15, 0.2) is 0 Å². The first-order valence-corrected chi connectivity index (χ1v) is 4.70. The molecule has 1 aliphatic rings. The number of carbonyl (C=O) groups excluding carboxylic acids is 1. The van der Waals surface area contributed by atoms with Crippen molar-refractivity contribution in [2.24, 2.45) is 5.92 Å². The number of hydrogen-bond donors (Lipinski definition) is 2. The highest BCUT2D eigenvalue weighted by molar-refractivity contribution is 5.75. The van der Waals surface area contributed by atoms with Crippen LogP contribution < -0.4 is 5.32 Å². The zero-order chi connectivity index (χ0) is 8.81. The van der Waals surface area contributed by atoms with Gasteiger partial charge < -0.3 is 10.4 Å². The summed E-state index contributed by atoms with van der Waals surface area (Å²) in [5.41, 5.74) is 0. The summed E-state index contributed by atoms with van der Waals surface area (Å²) >= 11 is 0. The zero-order valence-corrected chi connectivity index (χ0v) is 7.38. The lowest BCUT2D eigenvalue weighted by molar-refractivity contribution is -0.121. The molecule has 1 rings (SSSR count). The van der Waals surface area contributed by atoms with E-state index >= 15 is 0 Å². The van der Waals surface area contributed by atoms with E-state index in [1.807, 2.05) is 0 Å². The molecule has 2 N–H and O–H groups in total. The lowest BCUT2D eigenvalue weighted by Gasteiger charge is -2.25. The van der Waals surface area contributed by atoms with Crippen molar-refractivity contribution in [3.05, 3.63) is 0 Å². The number of amides is 1. The topological polar surface area (TPSA) is 49.3 Å². The molecule has 0 unspecified atom stereocenters. The highest BCUT2D eigenvalue weighted by Gasteiger charge is 2.16. The van der Waals surface area contributed by atoms with Gasteiger partial charge in [-0.2, -0.15) is 0 Å². The van der Waals surface area contributed by atoms with Crippen LogP contribution in [0.3, 0.4) is 0 Å². The Kier molecular flexibility index (Phi) is 4.08. The Morgan fingerprint density at radius 1 is 1.50 bits per heavy atom. The van der Waals surface area contributed by atoms with E-state index < -0.39 is 0 Å². The van der Waals surface area contributed by atoms with Crippen LogP contribution in [0.4, 0.5) is 0 Å². The molecule has 0 aromatic carbocycles. The Balaban J connectivity index is 1.90. The van der Waals surface area contributed by atoms with Crippen molar-refractivity contribution in [3.63, 3.8) is 0 Å². The van der Waals surface area contributed by atoms with E-state index in [-0.39, 0.29) is 18.9 Å². The maximum atomic E-state index is 10.9. The Morgan fingerprint density at radius 3 is 2.75 bits per heavy atom. The third-order valence-corrected chi connectivity index (χ3v) is 2.44. The lowest BCUT2D eigenvalue weighted by Crippen LogP contribution is -2.27. The van der Waals surface area contributed by atoms with Gasteiger partial charge in [0.2, 0.25) is 5.91 Å². The van der Waals surface area contributed by atoms with Crippen molar-refractivity contribution in [2.45, 2.75) is 32.1 Å². The van der Waals surface area contributed by atoms with Gasteiger partial charge in [-0.05, 0) is 12.3 Å². The SMILES string of the molecule is O=C(CCO)NCCC1CCC1. The van der Waals surface area contributed by atoms with Crippen molar-refractivity contribution in [1.82, 2.24) is 5.32 Å². The third-order valence-electron chi connectivity index (χ3n) is 2.44. The number of carbonyl (C=O) groups is 1. The molecule has 3 heteroatoms. The molecule has 0 spiro atoms. The third kappa shape index (κ3) is 3.22. The quantitative estimate of drug-likeness (QED) is 0.639. The van der Waals surface area contributed by atoms with Gasteiger partial charge >= 0.3 is 0 Å². The first kappa shape index (κ1) is 9.52. The molecule has 3 nitrogen and oxygen atoms in total. The predicted molar refractivity (Wildman–Crippen MR) is 46.7 cm³/mol. The normalized spacial score (nSPS) is 17.1. The van der Waals surface area contributed by atoms with Gasteiger partial charge in [0.05, 0.1) is 6.61 Å². The van der Waals surface area contributed by atoms with Crippen LogP contribution in [0, 0.1) is 5.92 Å². The summed E-state index contributed by atoms with van der Waals surface area (Å²) < 4.78 is 0. The highest BCUT2D eigenvalue weighted by Crippen LogP contribution is 2.28. The largest absolute Gasteiger partial charge is 0.396 e. The summed E-state index contributed by atoms with van der Waals surface area (Å²) in [6, 6.07) is 0. The van der Waals surface area contributed by atoms with E-state index in [0.717, 1.165) is 18.9 Å². The fraction of sp³-hybridized carbons (Fsp3) is 0.889. The van der Waals surface area contributed by atoms with Crippen molar-refractivity contribution in [3.8, 4) is 0 Å². The highest BCUT2D eigenvalue weighted by atomic mass is 16.3. The minimum Gasteiger partial charge on any atom is -0.396 e. The van der Waals surface area contributed by atoms with Crippen molar-refractivity contribution in [1.29, 1.82) is 0 Å². The number of rotatable bonds is 5. The fourth-order valence-electron chi connectivity index (χ4n) is 1.39. The van der Waals surface area contributed by atoms with Crippen LogP contribution in [0.5, 0.6) is 0 Å². The summed E-state index contributed by atoms with van der Waals surface area (Å²) in [6.07, 6.45) is 5.36. The molecule has 0 aromatic rings. The summed E-state index contributed by atoms with van der Waals surface area (Å²) in [5.74, 6) is 0.816. The molecular formula is C9H17NO2. The van der Waals surface area contributed by atoms with Gasteiger partial charge in [0.15, 0.2) is 0 Å². The number of nitrogens with one attached hydrogen (secondary N) is 1. The molecule has 0 bridgehead atoms. The van der Waals surface area contributed by atoms with Crippen LogP contribution in [0.1, 0.15) is 32.1 Å². The van der Waals surface area contributed by atoms with Gasteiger partial charge in [0.25, 0.3) is 0 Å². The van der Waals surface area contributed by atoms with E-state index in [2.05, 4.69) is 5.32 Å². The van der Waals surface area contributed by atoms with E-state index in [0.29, 0.717) is 0 Å². The van der Waals surface area contributed by atoms with Gasteiger partial charge in [0, 0.05) is 13.0 Å². The maximum absolute atomic E-state index is 10.9. The molecule has 1 saturated carbocycles. The molecule has 0 radical (unpaired) electrons. The zero-order valence-electron chi connectivity index (χ0n) is 7.38. The second kappa shape index (κ2) is 5.14. The molecule has 1 amide bonds. The van der Waals surface area contributed by atoms with E-state index in [1.165, 1.54) is 19.3 Å². The Morgan fingerprint density at radius 2 is 2.25 bits per heavy atom. The van der Waals surface area contributed by atoms with Gasteiger partial charge in [-0.15, -0.1) is 0 Å². The maximum Gasteiger partial charge on any atom is 0.222 e. The number of aliphatic hydroxyl groups is 1. The van der Waals surface area contributed by atoms with Crippen molar-refractivity contribution < 1.29 is 9.90 Å². The summed E-state index contributed by atoms with van der Waals surface area (Å²) in [5, 5.41) is 11.2. The molecule has 0 heterocycles. The molecule has 12 heavy (non-hydrogen) atoms. The van der Waals surface area contributed by atoms with Crippen LogP contribution in [-0.2, 0) is 4.79 Å². The summed E-state index contributed by atoms with van der Waals surface area (Å²) in [4.78, 5) is 10.9. The molecule has 0 saturated heterocycles. The first-order valence-electron chi connectivity index (χ1n) is 4.70. The van der Waals surface area contributed by atoms with Gasteiger partial charge in [0.1, 0.15) is 0 Å². The van der Waals surface area contributed by atoms with Crippen LogP contribution in [-0.4, -0.2) is 24.2 Å². The first-order chi connectivity index (χ1) is 5.83. The molecule has 1 aliphatic carbocycles. The minimum atomic E-state index is -0.0464. The molecule has 1 fully saturated rings. The van der Waals surface area contributed by atoms with E-state index in [1.54, 1.807) is 0 Å². The standard InChI is InChI=1S/C9H17NO2/c11-7-5-9(12)10-6-4-8-2-1-3-8/h8,11H,1-7H2,(H,10,12). The van der Waals surface area contributed by atoms with Crippen LogP contribution >= 0.6 is 0 Å². The molecular weight excluding hydrogens is 154 g/mol. The molecule has 0 atom stereocenters. The van der Waals surface area contributed by atoms with Crippen LogP contribution in [0.2, 0.25) is 0 Å².